The zero-order chi connectivity index (χ0) is 12.2. The molecule has 16 heavy (non-hydrogen) atoms. The first-order valence-electron chi connectivity index (χ1n) is 4.21. The molecule has 6 heteroatoms. The Kier molecular flexibility index (Phi) is 7.63. The minimum Gasteiger partial charge on any atom is -0.452 e. The second kappa shape index (κ2) is 9.05. The summed E-state index contributed by atoms with van der Waals surface area (Å²) < 4.78 is 9.02. The lowest BCUT2D eigenvalue weighted by atomic mass is 10.5. The summed E-state index contributed by atoms with van der Waals surface area (Å²) in [6.07, 6.45) is -0.641. The first-order valence-corrected chi connectivity index (χ1v) is 4.21. The van der Waals surface area contributed by atoms with Crippen molar-refractivity contribution in [3.05, 3.63) is 0 Å². The van der Waals surface area contributed by atoms with Gasteiger partial charge in [0, 0.05) is 0 Å². The van der Waals surface area contributed by atoms with Crippen LogP contribution in [0.25, 0.3) is 0 Å². The van der Waals surface area contributed by atoms with Gasteiger partial charge in [-0.15, -0.1) is 0 Å². The maximum absolute atomic E-state index is 10.6. The van der Waals surface area contributed by atoms with E-state index in [1.807, 2.05) is 0 Å². The molecule has 0 spiro atoms. The fraction of sp³-hybridized carbons (Fsp3) is 0.400. The van der Waals surface area contributed by atoms with Gasteiger partial charge in [-0.05, 0) is 0 Å². The molecule has 0 aromatic heterocycles. The molecule has 0 heterocycles. The zero-order valence-corrected chi connectivity index (χ0v) is 8.36. The third kappa shape index (κ3) is 8.10. The average molecular weight is 220 g/mol. The van der Waals surface area contributed by atoms with Crippen molar-refractivity contribution in [2.75, 3.05) is 13.2 Å². The second-order valence-electron chi connectivity index (χ2n) is 2.34. The van der Waals surface area contributed by atoms with Gasteiger partial charge < -0.3 is 9.47 Å². The Morgan fingerprint density at radius 1 is 0.875 bits per heavy atom. The number of nitriles is 2. The molecule has 6 nitrogen and oxygen atoms in total. The number of carbonyl (C=O) groups excluding carboxylic acids is 2. The lowest BCUT2D eigenvalue weighted by molar-refractivity contribution is -0.142. The molecule has 0 aliphatic rings. The lowest BCUT2D eigenvalue weighted by Gasteiger charge is -1.95. The fourth-order valence-corrected chi connectivity index (χ4v) is 0.566. The maximum Gasteiger partial charge on any atom is 0.321 e. The summed E-state index contributed by atoms with van der Waals surface area (Å²) in [6, 6.07) is 3.25. The molecule has 0 aliphatic carbocycles. The molecule has 0 radical (unpaired) electrons. The highest BCUT2D eigenvalue weighted by molar-refractivity contribution is 5.72. The van der Waals surface area contributed by atoms with Gasteiger partial charge >= 0.3 is 11.9 Å². The summed E-state index contributed by atoms with van der Waals surface area (Å²) in [6.45, 7) is -0.313. The van der Waals surface area contributed by atoms with Crippen LogP contribution in [0.15, 0.2) is 0 Å². The Labute approximate surface area is 92.4 Å². The summed E-state index contributed by atoms with van der Waals surface area (Å²) in [7, 11) is 0. The van der Waals surface area contributed by atoms with E-state index in [0.29, 0.717) is 0 Å². The van der Waals surface area contributed by atoms with E-state index in [2.05, 4.69) is 21.3 Å². The Morgan fingerprint density at radius 3 is 1.56 bits per heavy atom. The van der Waals surface area contributed by atoms with Gasteiger partial charge in [0.05, 0.1) is 12.1 Å². The van der Waals surface area contributed by atoms with Gasteiger partial charge in [-0.1, -0.05) is 11.8 Å². The van der Waals surface area contributed by atoms with Crippen molar-refractivity contribution in [2.24, 2.45) is 0 Å². The quantitative estimate of drug-likeness (QED) is 0.484. The second-order valence-corrected chi connectivity index (χ2v) is 2.34. The van der Waals surface area contributed by atoms with Crippen LogP contribution < -0.4 is 0 Å². The van der Waals surface area contributed by atoms with Crippen LogP contribution in [-0.4, -0.2) is 25.2 Å². The number of ether oxygens (including phenoxy) is 2. The monoisotopic (exact) mass is 220 g/mol. The van der Waals surface area contributed by atoms with E-state index in [0.717, 1.165) is 0 Å². The van der Waals surface area contributed by atoms with Gasteiger partial charge in [-0.2, -0.15) is 10.5 Å². The van der Waals surface area contributed by atoms with Crippen molar-refractivity contribution in [1.29, 1.82) is 10.5 Å². The van der Waals surface area contributed by atoms with Crippen LogP contribution in [0.4, 0.5) is 0 Å². The number of rotatable bonds is 4. The molecule has 0 fully saturated rings. The highest BCUT2D eigenvalue weighted by Gasteiger charge is 1.99. The van der Waals surface area contributed by atoms with E-state index in [-0.39, 0.29) is 26.1 Å². The van der Waals surface area contributed by atoms with Crippen molar-refractivity contribution in [2.45, 2.75) is 12.8 Å². The molecule has 0 rings (SSSR count). The zero-order valence-electron chi connectivity index (χ0n) is 8.36. The molecule has 0 aliphatic heterocycles. The normalized spacial score (nSPS) is 7.62. The van der Waals surface area contributed by atoms with Gasteiger partial charge in [0.2, 0.25) is 0 Å². The largest absolute Gasteiger partial charge is 0.452 e. The van der Waals surface area contributed by atoms with Crippen molar-refractivity contribution >= 4 is 11.9 Å². The van der Waals surface area contributed by atoms with E-state index in [1.54, 1.807) is 12.1 Å². The third-order valence-electron chi connectivity index (χ3n) is 1.18. The van der Waals surface area contributed by atoms with Crippen LogP contribution in [0.3, 0.4) is 0 Å². The van der Waals surface area contributed by atoms with E-state index in [9.17, 15) is 9.59 Å². The SMILES string of the molecule is N#CCC(=O)OCC#CCOC(=O)CC#N. The first kappa shape index (κ1) is 13.5. The Hall–Kier alpha value is -2.52. The van der Waals surface area contributed by atoms with E-state index in [1.165, 1.54) is 0 Å². The van der Waals surface area contributed by atoms with Gasteiger partial charge in [0.25, 0.3) is 0 Å². The van der Waals surface area contributed by atoms with Crippen LogP contribution in [-0.2, 0) is 19.1 Å². The standard InChI is InChI=1S/C10H8N2O4/c11-5-3-9(13)15-7-1-2-8-16-10(14)4-6-12/h3-4,7-8H2. The first-order chi connectivity index (χ1) is 7.70. The highest BCUT2D eigenvalue weighted by atomic mass is 16.5. The lowest BCUT2D eigenvalue weighted by Crippen LogP contribution is -2.04. The summed E-state index contributed by atoms with van der Waals surface area (Å²) >= 11 is 0. The average Bonchev–Trinajstić information content (AvgIpc) is 2.24. The number of hydrogen-bond acceptors (Lipinski definition) is 6. The molecule has 82 valence electrons. The Bertz CT molecular complexity index is 356. The van der Waals surface area contributed by atoms with Crippen molar-refractivity contribution in [3.63, 3.8) is 0 Å². The number of carbonyl (C=O) groups is 2. The van der Waals surface area contributed by atoms with Crippen molar-refractivity contribution in [1.82, 2.24) is 0 Å². The molecule has 0 unspecified atom stereocenters. The molecule has 0 atom stereocenters. The van der Waals surface area contributed by atoms with E-state index >= 15 is 0 Å². The Morgan fingerprint density at radius 2 is 1.25 bits per heavy atom. The molecule has 0 saturated carbocycles. The molecular weight excluding hydrogens is 212 g/mol. The van der Waals surface area contributed by atoms with Crippen LogP contribution >= 0.6 is 0 Å². The topological polar surface area (TPSA) is 100 Å². The summed E-state index contributed by atoms with van der Waals surface area (Å²) in [5, 5.41) is 16.2. The molecule has 0 aromatic carbocycles. The van der Waals surface area contributed by atoms with Crippen molar-refractivity contribution in [3.8, 4) is 24.0 Å². The van der Waals surface area contributed by atoms with E-state index in [4.69, 9.17) is 10.5 Å². The van der Waals surface area contributed by atoms with Crippen LogP contribution in [0.1, 0.15) is 12.8 Å². The smallest absolute Gasteiger partial charge is 0.321 e. The Balaban J connectivity index is 3.57. The van der Waals surface area contributed by atoms with Crippen molar-refractivity contribution < 1.29 is 19.1 Å². The number of esters is 2. The van der Waals surface area contributed by atoms with Crippen LogP contribution in [0.2, 0.25) is 0 Å². The predicted octanol–water partition coefficient (Wildman–Crippen LogP) is -0.0964. The predicted molar refractivity (Wildman–Crippen MR) is 50.2 cm³/mol. The molecule has 0 bridgehead atoms. The molecule has 0 amide bonds. The number of nitrogens with zero attached hydrogens (tertiary/aromatic N) is 2. The summed E-state index contributed by atoms with van der Waals surface area (Å²) in [5.41, 5.74) is 0. The molecule has 0 aromatic rings. The highest BCUT2D eigenvalue weighted by Crippen LogP contribution is 1.84. The van der Waals surface area contributed by atoms with Gasteiger partial charge in [-0.25, -0.2) is 0 Å². The van der Waals surface area contributed by atoms with Gasteiger partial charge in [0.1, 0.15) is 12.8 Å². The van der Waals surface area contributed by atoms with Gasteiger partial charge in [-0.3, -0.25) is 9.59 Å². The molecule has 0 saturated heterocycles. The van der Waals surface area contributed by atoms with Crippen LogP contribution in [0, 0.1) is 34.5 Å². The molecule has 0 N–H and O–H groups in total. The minimum atomic E-state index is -0.654. The van der Waals surface area contributed by atoms with Crippen LogP contribution in [0.5, 0.6) is 0 Å². The minimum absolute atomic E-state index is 0.156. The third-order valence-corrected chi connectivity index (χ3v) is 1.18. The van der Waals surface area contributed by atoms with Gasteiger partial charge in [0.15, 0.2) is 13.2 Å². The summed E-state index contributed by atoms with van der Waals surface area (Å²) in [5.74, 6) is 3.51. The maximum atomic E-state index is 10.6. The number of hydrogen-bond donors (Lipinski definition) is 0. The fourth-order valence-electron chi connectivity index (χ4n) is 0.566. The van der Waals surface area contributed by atoms with E-state index < -0.39 is 11.9 Å². The molecular formula is C10H8N2O4. The summed E-state index contributed by atoms with van der Waals surface area (Å²) in [4.78, 5) is 21.3.